The minimum absolute atomic E-state index is 0.209. The van der Waals surface area contributed by atoms with Crippen molar-refractivity contribution in [3.05, 3.63) is 93.5 Å². The lowest BCUT2D eigenvalue weighted by molar-refractivity contribution is 0.102. The topological polar surface area (TPSA) is 44.8 Å². The highest BCUT2D eigenvalue weighted by molar-refractivity contribution is 6.42. The number of hydrogen-bond acceptors (Lipinski definition) is 4. The molecule has 0 spiro atoms. The Balaban J connectivity index is 1.31. The van der Waals surface area contributed by atoms with Crippen LogP contribution in [0, 0.1) is 0 Å². The minimum atomic E-state index is -0.209. The van der Waals surface area contributed by atoms with Crippen LogP contribution in [0.5, 0.6) is 5.75 Å². The zero-order valence-corrected chi connectivity index (χ0v) is 20.8. The van der Waals surface area contributed by atoms with Gasteiger partial charge in [0.15, 0.2) is 0 Å². The molecule has 0 radical (unpaired) electrons. The number of rotatable bonds is 7. The number of nitrogens with one attached hydrogen (secondary N) is 1. The Bertz CT molecular complexity index is 1120. The maximum Gasteiger partial charge on any atom is 0.255 e. The first-order chi connectivity index (χ1) is 16.5. The van der Waals surface area contributed by atoms with E-state index in [0.717, 1.165) is 57.1 Å². The molecule has 0 bridgehead atoms. The number of amides is 1. The third-order valence-corrected chi connectivity index (χ3v) is 6.76. The van der Waals surface area contributed by atoms with Crippen LogP contribution in [-0.2, 0) is 13.1 Å². The van der Waals surface area contributed by atoms with Gasteiger partial charge in [-0.3, -0.25) is 14.6 Å². The monoisotopic (exact) mass is 497 g/mol. The second-order valence-corrected chi connectivity index (χ2v) is 9.35. The van der Waals surface area contributed by atoms with E-state index in [1.807, 2.05) is 30.3 Å². The standard InChI is InChI=1S/C27H29Cl2N3O2/c1-34-24-9-6-20(7-10-24)18-31-12-3-13-32(15-14-31)19-21-4-2-5-23(16-21)30-27(33)22-8-11-25(28)26(29)17-22/h2,4-11,16-17H,3,12-15,18-19H2,1H3,(H,30,33). The fourth-order valence-corrected chi connectivity index (χ4v) is 4.47. The Hall–Kier alpha value is -2.57. The van der Waals surface area contributed by atoms with E-state index < -0.39 is 0 Å². The van der Waals surface area contributed by atoms with E-state index >= 15 is 0 Å². The van der Waals surface area contributed by atoms with Crippen LogP contribution in [-0.4, -0.2) is 49.0 Å². The predicted molar refractivity (Wildman–Crippen MR) is 139 cm³/mol. The van der Waals surface area contributed by atoms with Crippen molar-refractivity contribution in [3.8, 4) is 5.75 Å². The molecule has 34 heavy (non-hydrogen) atoms. The Morgan fingerprint density at radius 3 is 2.24 bits per heavy atom. The molecule has 1 amide bonds. The summed E-state index contributed by atoms with van der Waals surface area (Å²) in [6.45, 7) is 5.98. The van der Waals surface area contributed by atoms with Crippen molar-refractivity contribution in [3.63, 3.8) is 0 Å². The molecular weight excluding hydrogens is 469 g/mol. The van der Waals surface area contributed by atoms with Crippen molar-refractivity contribution < 1.29 is 9.53 Å². The largest absolute Gasteiger partial charge is 0.497 e. The zero-order chi connectivity index (χ0) is 23.9. The van der Waals surface area contributed by atoms with Crippen LogP contribution in [0.15, 0.2) is 66.7 Å². The van der Waals surface area contributed by atoms with E-state index in [1.165, 1.54) is 11.1 Å². The van der Waals surface area contributed by atoms with Gasteiger partial charge in [-0.05, 0) is 73.1 Å². The number of nitrogens with zero attached hydrogens (tertiary/aromatic N) is 2. The first-order valence-electron chi connectivity index (χ1n) is 11.4. The third kappa shape index (κ3) is 6.73. The maximum absolute atomic E-state index is 12.6. The first kappa shape index (κ1) is 24.6. The lowest BCUT2D eigenvalue weighted by atomic mass is 10.1. The van der Waals surface area contributed by atoms with Gasteiger partial charge in [0.2, 0.25) is 0 Å². The number of hydrogen-bond donors (Lipinski definition) is 1. The van der Waals surface area contributed by atoms with Crippen molar-refractivity contribution in [1.82, 2.24) is 9.80 Å². The van der Waals surface area contributed by atoms with Gasteiger partial charge in [-0.15, -0.1) is 0 Å². The van der Waals surface area contributed by atoms with Crippen LogP contribution < -0.4 is 10.1 Å². The van der Waals surface area contributed by atoms with Gasteiger partial charge in [0.05, 0.1) is 17.2 Å². The highest BCUT2D eigenvalue weighted by Gasteiger charge is 2.16. The smallest absolute Gasteiger partial charge is 0.255 e. The van der Waals surface area contributed by atoms with E-state index in [-0.39, 0.29) is 5.91 Å². The minimum Gasteiger partial charge on any atom is -0.497 e. The van der Waals surface area contributed by atoms with E-state index in [0.29, 0.717) is 15.6 Å². The van der Waals surface area contributed by atoms with Crippen molar-refractivity contribution >= 4 is 34.8 Å². The Morgan fingerprint density at radius 1 is 0.853 bits per heavy atom. The van der Waals surface area contributed by atoms with Gasteiger partial charge < -0.3 is 10.1 Å². The van der Waals surface area contributed by atoms with Crippen molar-refractivity contribution in [1.29, 1.82) is 0 Å². The molecule has 1 aliphatic rings. The summed E-state index contributed by atoms with van der Waals surface area (Å²) in [7, 11) is 1.69. The van der Waals surface area contributed by atoms with Crippen molar-refractivity contribution in [2.45, 2.75) is 19.5 Å². The molecule has 0 unspecified atom stereocenters. The molecule has 178 valence electrons. The molecular formula is C27H29Cl2N3O2. The van der Waals surface area contributed by atoms with Gasteiger partial charge in [0.25, 0.3) is 5.91 Å². The fourth-order valence-electron chi connectivity index (χ4n) is 4.18. The number of benzene rings is 3. The summed E-state index contributed by atoms with van der Waals surface area (Å²) in [4.78, 5) is 17.6. The molecule has 1 N–H and O–H groups in total. The zero-order valence-electron chi connectivity index (χ0n) is 19.3. The van der Waals surface area contributed by atoms with Crippen LogP contribution in [0.1, 0.15) is 27.9 Å². The second kappa shape index (κ2) is 11.7. The molecule has 1 heterocycles. The number of anilines is 1. The van der Waals surface area contributed by atoms with Gasteiger partial charge >= 0.3 is 0 Å². The summed E-state index contributed by atoms with van der Waals surface area (Å²) in [5.74, 6) is 0.681. The van der Waals surface area contributed by atoms with Gasteiger partial charge in [0, 0.05) is 37.4 Å². The van der Waals surface area contributed by atoms with Crippen molar-refractivity contribution in [2.24, 2.45) is 0 Å². The third-order valence-electron chi connectivity index (χ3n) is 6.02. The average Bonchev–Trinajstić information content (AvgIpc) is 3.06. The summed E-state index contributed by atoms with van der Waals surface area (Å²) < 4.78 is 5.26. The van der Waals surface area contributed by atoms with E-state index in [9.17, 15) is 4.79 Å². The fraction of sp³-hybridized carbons (Fsp3) is 0.296. The number of methoxy groups -OCH3 is 1. The normalized spacial score (nSPS) is 15.0. The Kier molecular flexibility index (Phi) is 8.46. The van der Waals surface area contributed by atoms with E-state index in [2.05, 4.69) is 33.3 Å². The lowest BCUT2D eigenvalue weighted by Crippen LogP contribution is -2.30. The van der Waals surface area contributed by atoms with E-state index in [1.54, 1.807) is 25.3 Å². The van der Waals surface area contributed by atoms with Crippen LogP contribution in [0.3, 0.4) is 0 Å². The average molecular weight is 498 g/mol. The maximum atomic E-state index is 12.6. The quantitative estimate of drug-likeness (QED) is 0.437. The second-order valence-electron chi connectivity index (χ2n) is 8.54. The molecule has 7 heteroatoms. The van der Waals surface area contributed by atoms with Gasteiger partial charge in [-0.2, -0.15) is 0 Å². The molecule has 3 aromatic rings. The summed E-state index contributed by atoms with van der Waals surface area (Å²) in [5.41, 5.74) is 3.73. The predicted octanol–water partition coefficient (Wildman–Crippen LogP) is 5.96. The number of carbonyl (C=O) groups is 1. The summed E-state index contributed by atoms with van der Waals surface area (Å²) in [6.07, 6.45) is 1.13. The molecule has 0 atom stereocenters. The molecule has 1 aliphatic heterocycles. The molecule has 4 rings (SSSR count). The Morgan fingerprint density at radius 2 is 1.56 bits per heavy atom. The van der Waals surface area contributed by atoms with Gasteiger partial charge in [-0.25, -0.2) is 0 Å². The highest BCUT2D eigenvalue weighted by Crippen LogP contribution is 2.23. The highest BCUT2D eigenvalue weighted by atomic mass is 35.5. The summed E-state index contributed by atoms with van der Waals surface area (Å²) >= 11 is 12.0. The lowest BCUT2D eigenvalue weighted by Gasteiger charge is -2.22. The Labute approximate surface area is 211 Å². The molecule has 5 nitrogen and oxygen atoms in total. The van der Waals surface area contributed by atoms with Gasteiger partial charge in [0.1, 0.15) is 5.75 Å². The molecule has 0 aromatic heterocycles. The number of ether oxygens (including phenoxy) is 1. The summed E-state index contributed by atoms with van der Waals surface area (Å²) in [6, 6.07) is 21.2. The SMILES string of the molecule is COc1ccc(CN2CCCN(Cc3cccc(NC(=O)c4ccc(Cl)c(Cl)c4)c3)CC2)cc1. The molecule has 3 aromatic carbocycles. The molecule has 1 fully saturated rings. The van der Waals surface area contributed by atoms with E-state index in [4.69, 9.17) is 27.9 Å². The number of halogens is 2. The van der Waals surface area contributed by atoms with Crippen LogP contribution >= 0.6 is 23.2 Å². The van der Waals surface area contributed by atoms with Gasteiger partial charge in [-0.1, -0.05) is 47.5 Å². The van der Waals surface area contributed by atoms with Crippen LogP contribution in [0.4, 0.5) is 5.69 Å². The first-order valence-corrected chi connectivity index (χ1v) is 12.2. The molecule has 0 saturated carbocycles. The summed E-state index contributed by atoms with van der Waals surface area (Å²) in [5, 5.41) is 3.76. The molecule has 0 aliphatic carbocycles. The van der Waals surface area contributed by atoms with Crippen LogP contribution in [0.25, 0.3) is 0 Å². The number of carbonyl (C=O) groups excluding carboxylic acids is 1. The molecule has 1 saturated heterocycles. The van der Waals surface area contributed by atoms with Crippen molar-refractivity contribution in [2.75, 3.05) is 38.6 Å². The van der Waals surface area contributed by atoms with Crippen LogP contribution in [0.2, 0.25) is 10.0 Å².